The van der Waals surface area contributed by atoms with E-state index in [1.807, 2.05) is 25.1 Å². The minimum absolute atomic E-state index is 0.276. The van der Waals surface area contributed by atoms with Gasteiger partial charge >= 0.3 is 0 Å². The van der Waals surface area contributed by atoms with Crippen molar-refractivity contribution in [1.82, 2.24) is 9.97 Å². The van der Waals surface area contributed by atoms with Crippen molar-refractivity contribution in [3.05, 3.63) is 23.8 Å². The minimum Gasteiger partial charge on any atom is -0.369 e. The number of aryl methyl sites for hydroxylation is 1. The number of primary amides is 1. The number of nitrogens with zero attached hydrogens (tertiary/aromatic N) is 1. The molecule has 0 radical (unpaired) electrons. The van der Waals surface area contributed by atoms with E-state index in [2.05, 4.69) is 9.97 Å². The Labute approximate surface area is 97.6 Å². The first-order valence-electron chi connectivity index (χ1n) is 4.98. The van der Waals surface area contributed by atoms with E-state index in [-0.39, 0.29) is 11.2 Å². The van der Waals surface area contributed by atoms with E-state index in [0.717, 1.165) is 16.2 Å². The highest BCUT2D eigenvalue weighted by atomic mass is 32.2. The predicted octanol–water partition coefficient (Wildman–Crippen LogP) is 1.84. The maximum absolute atomic E-state index is 10.9. The normalized spacial score (nSPS) is 12.9. The number of nitrogens with two attached hydrogens (primary N) is 1. The molecule has 1 aromatic carbocycles. The van der Waals surface area contributed by atoms with Gasteiger partial charge in [0.05, 0.1) is 16.3 Å². The van der Waals surface area contributed by atoms with E-state index in [1.165, 1.54) is 17.3 Å². The van der Waals surface area contributed by atoms with Gasteiger partial charge in [-0.3, -0.25) is 4.79 Å². The highest BCUT2D eigenvalue weighted by Gasteiger charge is 2.13. The van der Waals surface area contributed by atoms with Gasteiger partial charge in [0.1, 0.15) is 0 Å². The third-order valence-corrected chi connectivity index (χ3v) is 3.31. The average Bonchev–Trinajstić information content (AvgIpc) is 2.58. The standard InChI is InChI=1S/C11H13N3OS/c1-6-3-4-8-9(5-6)14-11(13-8)16-7(2)10(12)15/h3-5,7H,1-2H3,(H2,12,15)(H,13,14)/t7-/m0/s1. The molecule has 0 aliphatic heterocycles. The summed E-state index contributed by atoms with van der Waals surface area (Å²) < 4.78 is 0. The number of fused-ring (bicyclic) bond motifs is 1. The first-order valence-corrected chi connectivity index (χ1v) is 5.86. The lowest BCUT2D eigenvalue weighted by atomic mass is 10.2. The second-order valence-electron chi connectivity index (χ2n) is 3.73. The highest BCUT2D eigenvalue weighted by Crippen LogP contribution is 2.23. The van der Waals surface area contributed by atoms with Crippen LogP contribution >= 0.6 is 11.8 Å². The lowest BCUT2D eigenvalue weighted by Crippen LogP contribution is -2.22. The Bertz CT molecular complexity index is 535. The maximum Gasteiger partial charge on any atom is 0.230 e. The Morgan fingerprint density at radius 1 is 1.56 bits per heavy atom. The molecule has 3 N–H and O–H groups in total. The third kappa shape index (κ3) is 2.19. The molecule has 0 unspecified atom stereocenters. The van der Waals surface area contributed by atoms with Gasteiger partial charge in [0.25, 0.3) is 0 Å². The fourth-order valence-electron chi connectivity index (χ4n) is 1.38. The molecule has 1 amide bonds. The van der Waals surface area contributed by atoms with Crippen molar-refractivity contribution in [2.24, 2.45) is 5.73 Å². The van der Waals surface area contributed by atoms with Crippen LogP contribution in [-0.2, 0) is 4.79 Å². The number of benzene rings is 1. The van der Waals surface area contributed by atoms with Gasteiger partial charge in [-0.15, -0.1) is 0 Å². The number of aromatic nitrogens is 2. The summed E-state index contributed by atoms with van der Waals surface area (Å²) in [6.07, 6.45) is 0. The van der Waals surface area contributed by atoms with Crippen molar-refractivity contribution < 1.29 is 4.79 Å². The molecule has 2 rings (SSSR count). The molecule has 4 nitrogen and oxygen atoms in total. The summed E-state index contributed by atoms with van der Waals surface area (Å²) in [5, 5.41) is 0.452. The Morgan fingerprint density at radius 3 is 3.00 bits per heavy atom. The van der Waals surface area contributed by atoms with Crippen molar-refractivity contribution in [2.45, 2.75) is 24.3 Å². The van der Waals surface area contributed by atoms with Crippen molar-refractivity contribution in [3.63, 3.8) is 0 Å². The molecule has 0 fully saturated rings. The highest BCUT2D eigenvalue weighted by molar-refractivity contribution is 8.00. The largest absolute Gasteiger partial charge is 0.369 e. The Balaban J connectivity index is 2.29. The third-order valence-electron chi connectivity index (χ3n) is 2.30. The van der Waals surface area contributed by atoms with E-state index >= 15 is 0 Å². The van der Waals surface area contributed by atoms with Crippen LogP contribution in [0.15, 0.2) is 23.4 Å². The summed E-state index contributed by atoms with van der Waals surface area (Å²) in [4.78, 5) is 18.5. The number of aromatic amines is 1. The molecular formula is C11H13N3OS. The number of carbonyl (C=O) groups is 1. The fourth-order valence-corrected chi connectivity index (χ4v) is 2.15. The van der Waals surface area contributed by atoms with Crippen LogP contribution in [0.1, 0.15) is 12.5 Å². The number of H-pyrrole nitrogens is 1. The van der Waals surface area contributed by atoms with Gasteiger partial charge in [-0.05, 0) is 31.5 Å². The molecular weight excluding hydrogens is 222 g/mol. The van der Waals surface area contributed by atoms with E-state index in [0.29, 0.717) is 0 Å². The zero-order valence-electron chi connectivity index (χ0n) is 9.15. The van der Waals surface area contributed by atoms with Crippen LogP contribution in [0.5, 0.6) is 0 Å². The van der Waals surface area contributed by atoms with E-state index in [4.69, 9.17) is 5.73 Å². The van der Waals surface area contributed by atoms with Gasteiger partial charge in [0, 0.05) is 0 Å². The second-order valence-corrected chi connectivity index (χ2v) is 5.05. The van der Waals surface area contributed by atoms with Crippen LogP contribution in [0.3, 0.4) is 0 Å². The number of thioether (sulfide) groups is 1. The van der Waals surface area contributed by atoms with Gasteiger partial charge in [0.15, 0.2) is 5.16 Å². The first kappa shape index (κ1) is 11.0. The molecule has 1 atom stereocenters. The smallest absolute Gasteiger partial charge is 0.230 e. The average molecular weight is 235 g/mol. The molecule has 0 saturated heterocycles. The molecule has 1 heterocycles. The molecule has 16 heavy (non-hydrogen) atoms. The van der Waals surface area contributed by atoms with Crippen LogP contribution in [0.25, 0.3) is 11.0 Å². The zero-order valence-corrected chi connectivity index (χ0v) is 9.97. The molecule has 1 aromatic heterocycles. The molecule has 0 spiro atoms. The number of hydrogen-bond donors (Lipinski definition) is 2. The van der Waals surface area contributed by atoms with E-state index in [9.17, 15) is 4.79 Å². The predicted molar refractivity (Wildman–Crippen MR) is 65.3 cm³/mol. The minimum atomic E-state index is -0.332. The van der Waals surface area contributed by atoms with Crippen LogP contribution in [-0.4, -0.2) is 21.1 Å². The molecule has 5 heteroatoms. The number of imidazole rings is 1. The van der Waals surface area contributed by atoms with Gasteiger partial charge in [-0.1, -0.05) is 17.8 Å². The van der Waals surface area contributed by atoms with Crippen LogP contribution in [0.2, 0.25) is 0 Å². The SMILES string of the molecule is Cc1ccc2nc(S[C@@H](C)C(N)=O)[nH]c2c1. The molecule has 0 aliphatic carbocycles. The van der Waals surface area contributed by atoms with Crippen molar-refractivity contribution in [1.29, 1.82) is 0 Å². The van der Waals surface area contributed by atoms with Crippen LogP contribution < -0.4 is 5.73 Å². The number of rotatable bonds is 3. The zero-order chi connectivity index (χ0) is 11.7. The Hall–Kier alpha value is -1.49. The quantitative estimate of drug-likeness (QED) is 0.797. The molecule has 0 saturated carbocycles. The van der Waals surface area contributed by atoms with Crippen molar-refractivity contribution in [2.75, 3.05) is 0 Å². The Kier molecular flexibility index (Phi) is 2.87. The molecule has 2 aromatic rings. The van der Waals surface area contributed by atoms with E-state index in [1.54, 1.807) is 6.92 Å². The summed E-state index contributed by atoms with van der Waals surface area (Å²) in [6.45, 7) is 3.80. The first-order chi connectivity index (χ1) is 7.56. The van der Waals surface area contributed by atoms with Crippen molar-refractivity contribution >= 4 is 28.7 Å². The molecule has 84 valence electrons. The van der Waals surface area contributed by atoms with E-state index < -0.39 is 0 Å². The number of nitrogens with one attached hydrogen (secondary N) is 1. The van der Waals surface area contributed by atoms with Crippen molar-refractivity contribution in [3.8, 4) is 0 Å². The summed E-state index contributed by atoms with van der Waals surface area (Å²) in [5.74, 6) is -0.332. The lowest BCUT2D eigenvalue weighted by molar-refractivity contribution is -0.117. The van der Waals surface area contributed by atoms with Gasteiger partial charge in [0.2, 0.25) is 5.91 Å². The summed E-state index contributed by atoms with van der Waals surface area (Å²) >= 11 is 1.34. The van der Waals surface area contributed by atoms with Crippen LogP contribution in [0, 0.1) is 6.92 Å². The summed E-state index contributed by atoms with van der Waals surface area (Å²) in [5.41, 5.74) is 8.27. The number of hydrogen-bond acceptors (Lipinski definition) is 3. The summed E-state index contributed by atoms with van der Waals surface area (Å²) in [6, 6.07) is 6.00. The number of carbonyl (C=O) groups excluding carboxylic acids is 1. The monoisotopic (exact) mass is 235 g/mol. The maximum atomic E-state index is 10.9. The Morgan fingerprint density at radius 2 is 2.31 bits per heavy atom. The second kappa shape index (κ2) is 4.17. The molecule has 0 aliphatic rings. The van der Waals surface area contributed by atoms with Gasteiger partial charge < -0.3 is 10.7 Å². The lowest BCUT2D eigenvalue weighted by Gasteiger charge is -2.02. The van der Waals surface area contributed by atoms with Gasteiger partial charge in [-0.25, -0.2) is 4.98 Å². The fraction of sp³-hybridized carbons (Fsp3) is 0.273. The summed E-state index contributed by atoms with van der Waals surface area (Å²) in [7, 11) is 0. The van der Waals surface area contributed by atoms with Crippen LogP contribution in [0.4, 0.5) is 0 Å². The number of amides is 1. The topological polar surface area (TPSA) is 71.8 Å². The van der Waals surface area contributed by atoms with Gasteiger partial charge in [-0.2, -0.15) is 0 Å². The molecule has 0 bridgehead atoms.